The van der Waals surface area contributed by atoms with Gasteiger partial charge in [0.15, 0.2) is 5.96 Å². The Morgan fingerprint density at radius 1 is 0.929 bits per heavy atom. The second kappa shape index (κ2) is 10.9. The Morgan fingerprint density at radius 2 is 1.57 bits per heavy atom. The fourth-order valence-corrected chi connectivity index (χ4v) is 3.33. The number of aromatic nitrogens is 2. The van der Waals surface area contributed by atoms with E-state index in [-0.39, 0.29) is 0 Å². The summed E-state index contributed by atoms with van der Waals surface area (Å²) in [7, 11) is 1.81. The number of benzene rings is 2. The van der Waals surface area contributed by atoms with Crippen LogP contribution in [-0.4, -0.2) is 35.9 Å². The molecule has 2 N–H and O–H groups in total. The average molecular weight is 376 g/mol. The fourth-order valence-electron chi connectivity index (χ4n) is 3.33. The number of hydrogen-bond donors (Lipinski definition) is 2. The molecule has 146 valence electrons. The number of aryl methyl sites for hydroxylation is 1. The van der Waals surface area contributed by atoms with Crippen LogP contribution in [0.1, 0.15) is 29.9 Å². The first kappa shape index (κ1) is 19.7. The lowest BCUT2D eigenvalue weighted by Crippen LogP contribution is -2.38. The molecular weight excluding hydrogens is 346 g/mol. The highest BCUT2D eigenvalue weighted by molar-refractivity contribution is 5.79. The van der Waals surface area contributed by atoms with Gasteiger partial charge in [0.05, 0.1) is 0 Å². The van der Waals surface area contributed by atoms with Gasteiger partial charge >= 0.3 is 0 Å². The van der Waals surface area contributed by atoms with Crippen molar-refractivity contribution in [1.82, 2.24) is 20.4 Å². The largest absolute Gasteiger partial charge is 0.356 e. The van der Waals surface area contributed by atoms with Crippen molar-refractivity contribution in [2.24, 2.45) is 4.99 Å². The summed E-state index contributed by atoms with van der Waals surface area (Å²) >= 11 is 0. The van der Waals surface area contributed by atoms with Crippen LogP contribution in [0.3, 0.4) is 0 Å². The maximum Gasteiger partial charge on any atom is 0.190 e. The van der Waals surface area contributed by atoms with Crippen molar-refractivity contribution in [2.75, 3.05) is 20.1 Å². The van der Waals surface area contributed by atoms with Gasteiger partial charge in [-0.15, -0.1) is 0 Å². The number of guanidine groups is 1. The third-order valence-electron chi connectivity index (χ3n) is 4.77. The SMILES string of the molecule is CN=C(NCCCn1cccn1)NCCC(c1ccccc1)c1ccccc1. The van der Waals surface area contributed by atoms with Crippen molar-refractivity contribution in [3.8, 4) is 0 Å². The molecule has 0 atom stereocenters. The first-order valence-corrected chi connectivity index (χ1v) is 9.88. The molecule has 28 heavy (non-hydrogen) atoms. The average Bonchev–Trinajstić information content (AvgIpc) is 3.27. The summed E-state index contributed by atoms with van der Waals surface area (Å²) < 4.78 is 1.95. The van der Waals surface area contributed by atoms with Gasteiger partial charge in [0, 0.05) is 45.0 Å². The smallest absolute Gasteiger partial charge is 0.190 e. The molecule has 0 aliphatic heterocycles. The molecule has 0 fully saturated rings. The summed E-state index contributed by atoms with van der Waals surface area (Å²) in [4.78, 5) is 4.34. The van der Waals surface area contributed by atoms with E-state index in [9.17, 15) is 0 Å². The zero-order valence-electron chi connectivity index (χ0n) is 16.5. The Kier molecular flexibility index (Phi) is 7.67. The van der Waals surface area contributed by atoms with Crippen molar-refractivity contribution < 1.29 is 0 Å². The monoisotopic (exact) mass is 375 g/mol. The summed E-state index contributed by atoms with van der Waals surface area (Å²) in [5.74, 6) is 1.22. The summed E-state index contributed by atoms with van der Waals surface area (Å²) in [6.45, 7) is 2.62. The normalized spacial score (nSPS) is 11.6. The van der Waals surface area contributed by atoms with Gasteiger partial charge in [0.1, 0.15) is 0 Å². The van der Waals surface area contributed by atoms with Crippen LogP contribution < -0.4 is 10.6 Å². The maximum absolute atomic E-state index is 4.34. The molecule has 0 radical (unpaired) electrons. The van der Waals surface area contributed by atoms with Crippen LogP contribution in [0, 0.1) is 0 Å². The van der Waals surface area contributed by atoms with Crippen LogP contribution in [0.5, 0.6) is 0 Å². The van der Waals surface area contributed by atoms with Crippen LogP contribution in [0.15, 0.2) is 84.1 Å². The van der Waals surface area contributed by atoms with Crippen molar-refractivity contribution >= 4 is 5.96 Å². The van der Waals surface area contributed by atoms with Crippen LogP contribution in [0.2, 0.25) is 0 Å². The molecule has 2 aromatic carbocycles. The highest BCUT2D eigenvalue weighted by Gasteiger charge is 2.13. The lowest BCUT2D eigenvalue weighted by Gasteiger charge is -2.19. The summed E-state index contributed by atoms with van der Waals surface area (Å²) in [6.07, 6.45) is 5.80. The molecule has 0 unspecified atom stereocenters. The van der Waals surface area contributed by atoms with Crippen molar-refractivity contribution in [2.45, 2.75) is 25.3 Å². The zero-order chi connectivity index (χ0) is 19.4. The van der Waals surface area contributed by atoms with Gasteiger partial charge in [-0.3, -0.25) is 9.67 Å². The van der Waals surface area contributed by atoms with Crippen LogP contribution in [0.25, 0.3) is 0 Å². The molecule has 1 heterocycles. The molecule has 0 bridgehead atoms. The van der Waals surface area contributed by atoms with Crippen molar-refractivity contribution in [1.29, 1.82) is 0 Å². The van der Waals surface area contributed by atoms with Gasteiger partial charge in [0.2, 0.25) is 0 Å². The van der Waals surface area contributed by atoms with E-state index in [4.69, 9.17) is 0 Å². The van der Waals surface area contributed by atoms with E-state index in [1.54, 1.807) is 0 Å². The number of nitrogens with zero attached hydrogens (tertiary/aromatic N) is 3. The van der Waals surface area contributed by atoms with Gasteiger partial charge in [-0.2, -0.15) is 5.10 Å². The van der Waals surface area contributed by atoms with E-state index in [2.05, 4.69) is 81.4 Å². The minimum absolute atomic E-state index is 0.368. The van der Waals surface area contributed by atoms with Crippen LogP contribution in [-0.2, 0) is 6.54 Å². The van der Waals surface area contributed by atoms with Gasteiger partial charge < -0.3 is 10.6 Å². The number of rotatable bonds is 9. The predicted octanol–water partition coefficient (Wildman–Crippen LogP) is 3.66. The molecular formula is C23H29N5. The predicted molar refractivity (Wildman–Crippen MR) is 116 cm³/mol. The fraction of sp³-hybridized carbons (Fsp3) is 0.304. The number of aliphatic imine (C=N–C) groups is 1. The Balaban J connectivity index is 1.48. The Labute approximate surface area is 167 Å². The second-order valence-electron chi connectivity index (χ2n) is 6.71. The Bertz CT molecular complexity index is 773. The van der Waals surface area contributed by atoms with Gasteiger partial charge in [-0.1, -0.05) is 60.7 Å². The molecule has 5 heteroatoms. The summed E-state index contributed by atoms with van der Waals surface area (Å²) in [5, 5.41) is 11.1. The number of nitrogens with one attached hydrogen (secondary N) is 2. The highest BCUT2D eigenvalue weighted by atomic mass is 15.3. The van der Waals surface area contributed by atoms with E-state index < -0.39 is 0 Å². The molecule has 0 aliphatic carbocycles. The molecule has 3 aromatic rings. The first-order valence-electron chi connectivity index (χ1n) is 9.88. The van der Waals surface area contributed by atoms with Crippen molar-refractivity contribution in [3.05, 3.63) is 90.3 Å². The third kappa shape index (κ3) is 5.98. The quantitative estimate of drug-likeness (QED) is 0.341. The zero-order valence-corrected chi connectivity index (χ0v) is 16.5. The van der Waals surface area contributed by atoms with Crippen LogP contribution in [0.4, 0.5) is 0 Å². The lowest BCUT2D eigenvalue weighted by atomic mass is 9.88. The Hall–Kier alpha value is -3.08. The van der Waals surface area contributed by atoms with E-state index >= 15 is 0 Å². The van der Waals surface area contributed by atoms with Crippen molar-refractivity contribution in [3.63, 3.8) is 0 Å². The molecule has 0 saturated heterocycles. The molecule has 0 saturated carbocycles. The maximum atomic E-state index is 4.34. The Morgan fingerprint density at radius 3 is 2.14 bits per heavy atom. The molecule has 0 amide bonds. The van der Waals surface area contributed by atoms with E-state index in [1.807, 2.05) is 30.2 Å². The van der Waals surface area contributed by atoms with Gasteiger partial charge in [0.25, 0.3) is 0 Å². The van der Waals surface area contributed by atoms with Crippen LogP contribution >= 0.6 is 0 Å². The van der Waals surface area contributed by atoms with E-state index in [1.165, 1.54) is 11.1 Å². The molecule has 0 spiro atoms. The molecule has 5 nitrogen and oxygen atoms in total. The van der Waals surface area contributed by atoms with E-state index in [0.717, 1.165) is 38.4 Å². The minimum Gasteiger partial charge on any atom is -0.356 e. The number of hydrogen-bond acceptors (Lipinski definition) is 2. The standard InChI is InChI=1S/C23H29N5/c1-24-23(25-15-8-18-28-19-9-16-27-28)26-17-14-22(20-10-4-2-5-11-20)21-12-6-3-7-13-21/h2-7,9-13,16,19,22H,8,14-15,17-18H2,1H3,(H2,24,25,26). The summed E-state index contributed by atoms with van der Waals surface area (Å²) in [6, 6.07) is 23.4. The lowest BCUT2D eigenvalue weighted by molar-refractivity contribution is 0.569. The van der Waals surface area contributed by atoms with E-state index in [0.29, 0.717) is 5.92 Å². The second-order valence-corrected chi connectivity index (χ2v) is 6.71. The third-order valence-corrected chi connectivity index (χ3v) is 4.77. The topological polar surface area (TPSA) is 54.2 Å². The molecule has 0 aliphatic rings. The molecule has 3 rings (SSSR count). The van der Waals surface area contributed by atoms with Gasteiger partial charge in [-0.05, 0) is 30.0 Å². The minimum atomic E-state index is 0.368. The molecule has 1 aromatic heterocycles. The summed E-state index contributed by atoms with van der Waals surface area (Å²) in [5.41, 5.74) is 2.69. The highest BCUT2D eigenvalue weighted by Crippen LogP contribution is 2.27. The first-order chi connectivity index (χ1) is 13.9. The van der Waals surface area contributed by atoms with Gasteiger partial charge in [-0.25, -0.2) is 0 Å².